The van der Waals surface area contributed by atoms with Gasteiger partial charge in [0.25, 0.3) is 0 Å². The van der Waals surface area contributed by atoms with Crippen molar-refractivity contribution < 1.29 is 9.84 Å². The highest BCUT2D eigenvalue weighted by atomic mass is 35.5. The highest BCUT2D eigenvalue weighted by Crippen LogP contribution is 2.23. The van der Waals surface area contributed by atoms with E-state index < -0.39 is 0 Å². The molecule has 0 aliphatic carbocycles. The summed E-state index contributed by atoms with van der Waals surface area (Å²) in [5.41, 5.74) is 7.71. The molecule has 92 valence electrons. The third-order valence-electron chi connectivity index (χ3n) is 2.33. The van der Waals surface area contributed by atoms with Crippen molar-refractivity contribution in [3.63, 3.8) is 0 Å². The van der Waals surface area contributed by atoms with Gasteiger partial charge in [-0.25, -0.2) is 0 Å². The minimum atomic E-state index is 0.216. The van der Waals surface area contributed by atoms with E-state index in [1.807, 2.05) is 0 Å². The quantitative estimate of drug-likeness (QED) is 0.628. The van der Waals surface area contributed by atoms with Gasteiger partial charge in [-0.1, -0.05) is 11.6 Å². The van der Waals surface area contributed by atoms with Crippen LogP contribution in [0, 0.1) is 6.92 Å². The summed E-state index contributed by atoms with van der Waals surface area (Å²) in [5, 5.41) is 9.68. The fourth-order valence-electron chi connectivity index (χ4n) is 1.34. The van der Waals surface area contributed by atoms with Gasteiger partial charge in [0.2, 0.25) is 5.90 Å². The summed E-state index contributed by atoms with van der Waals surface area (Å²) in [6.07, 6.45) is 0. The molecule has 0 saturated heterocycles. The lowest BCUT2D eigenvalue weighted by atomic mass is 10.1. The molecular formula is C12H15ClN2O2. The van der Waals surface area contributed by atoms with Crippen LogP contribution in [-0.4, -0.2) is 25.2 Å². The summed E-state index contributed by atoms with van der Waals surface area (Å²) in [4.78, 5) is 3.87. The number of rotatable bonds is 2. The molecule has 3 N–H and O–H groups in total. The predicted molar refractivity (Wildman–Crippen MR) is 70.2 cm³/mol. The first-order valence-electron chi connectivity index (χ1n) is 4.97. The number of aromatic hydroxyl groups is 1. The Morgan fingerprint density at radius 1 is 1.47 bits per heavy atom. The summed E-state index contributed by atoms with van der Waals surface area (Å²) >= 11 is 6.06. The standard InChI is InChI=1S/C12H15ClN2O2/c1-7-6-8(4-5-9(7)16)11(14)10(13)12(15-2)17-3/h4-6,16H,14H2,1-3H3. The molecule has 1 aromatic carbocycles. The van der Waals surface area contributed by atoms with Crippen molar-refractivity contribution in [3.05, 3.63) is 34.4 Å². The Hall–Kier alpha value is -1.68. The summed E-state index contributed by atoms with van der Waals surface area (Å²) in [7, 11) is 3.04. The normalized spacial score (nSPS) is 13.3. The molecule has 0 atom stereocenters. The van der Waals surface area contributed by atoms with Gasteiger partial charge in [-0.3, -0.25) is 4.99 Å². The van der Waals surface area contributed by atoms with Gasteiger partial charge < -0.3 is 15.6 Å². The second-order valence-corrected chi connectivity index (χ2v) is 3.84. The van der Waals surface area contributed by atoms with Crippen LogP contribution in [0.5, 0.6) is 5.75 Å². The van der Waals surface area contributed by atoms with Gasteiger partial charge in [0, 0.05) is 7.05 Å². The first-order chi connectivity index (χ1) is 8.01. The molecule has 0 bridgehead atoms. The molecule has 0 fully saturated rings. The van der Waals surface area contributed by atoms with Gasteiger partial charge in [-0.2, -0.15) is 0 Å². The van der Waals surface area contributed by atoms with Crippen LogP contribution in [0.2, 0.25) is 0 Å². The molecule has 1 aromatic rings. The van der Waals surface area contributed by atoms with E-state index in [4.69, 9.17) is 22.1 Å². The Kier molecular flexibility index (Phi) is 4.40. The second kappa shape index (κ2) is 5.59. The maximum atomic E-state index is 9.43. The number of ether oxygens (including phenoxy) is 1. The average Bonchev–Trinajstić information content (AvgIpc) is 2.33. The molecule has 0 unspecified atom stereocenters. The molecule has 0 amide bonds. The van der Waals surface area contributed by atoms with Crippen molar-refractivity contribution in [2.24, 2.45) is 10.7 Å². The summed E-state index contributed by atoms with van der Waals surface area (Å²) in [6.45, 7) is 1.78. The van der Waals surface area contributed by atoms with Gasteiger partial charge in [0.1, 0.15) is 10.8 Å². The Balaban J connectivity index is 3.23. The number of halogens is 1. The maximum absolute atomic E-state index is 9.43. The molecule has 1 rings (SSSR count). The minimum absolute atomic E-state index is 0.216. The van der Waals surface area contributed by atoms with Crippen molar-refractivity contribution in [1.29, 1.82) is 0 Å². The van der Waals surface area contributed by atoms with E-state index in [0.29, 0.717) is 11.3 Å². The van der Waals surface area contributed by atoms with Gasteiger partial charge in [-0.05, 0) is 36.2 Å². The van der Waals surface area contributed by atoms with Crippen LogP contribution in [0.4, 0.5) is 0 Å². The lowest BCUT2D eigenvalue weighted by Crippen LogP contribution is -2.08. The zero-order valence-corrected chi connectivity index (χ0v) is 10.7. The van der Waals surface area contributed by atoms with Crippen LogP contribution in [0.1, 0.15) is 11.1 Å². The lowest BCUT2D eigenvalue weighted by Gasteiger charge is -2.09. The molecule has 4 nitrogen and oxygen atoms in total. The Morgan fingerprint density at radius 3 is 2.59 bits per heavy atom. The van der Waals surface area contributed by atoms with Crippen molar-refractivity contribution in [3.8, 4) is 5.75 Å². The molecule has 0 saturated carbocycles. The number of nitrogens with zero attached hydrogens (tertiary/aromatic N) is 1. The van der Waals surface area contributed by atoms with Crippen molar-refractivity contribution >= 4 is 23.2 Å². The van der Waals surface area contributed by atoms with Crippen LogP contribution in [0.3, 0.4) is 0 Å². The number of phenolic OH excluding ortho intramolecular Hbond substituents is 1. The lowest BCUT2D eigenvalue weighted by molar-refractivity contribution is 0.405. The SMILES string of the molecule is CN=C(OC)C(Cl)=C(N)c1ccc(O)c(C)c1. The van der Waals surface area contributed by atoms with Crippen molar-refractivity contribution in [2.75, 3.05) is 14.2 Å². The van der Waals surface area contributed by atoms with Crippen LogP contribution >= 0.6 is 11.6 Å². The van der Waals surface area contributed by atoms with Crippen molar-refractivity contribution in [1.82, 2.24) is 0 Å². The van der Waals surface area contributed by atoms with Gasteiger partial charge >= 0.3 is 0 Å². The van der Waals surface area contributed by atoms with Crippen molar-refractivity contribution in [2.45, 2.75) is 6.92 Å². The summed E-state index contributed by atoms with van der Waals surface area (Å²) in [5.74, 6) is 0.490. The first kappa shape index (κ1) is 13.4. The molecule has 0 aliphatic heterocycles. The largest absolute Gasteiger partial charge is 0.508 e. The highest BCUT2D eigenvalue weighted by Gasteiger charge is 2.11. The van der Waals surface area contributed by atoms with Crippen LogP contribution < -0.4 is 5.73 Å². The Morgan fingerprint density at radius 2 is 2.12 bits per heavy atom. The number of aryl methyl sites for hydroxylation is 1. The zero-order valence-electron chi connectivity index (χ0n) is 9.99. The van der Waals surface area contributed by atoms with E-state index in [9.17, 15) is 5.11 Å². The number of nitrogens with two attached hydrogens (primary N) is 1. The Bertz CT molecular complexity index is 481. The number of methoxy groups -OCH3 is 1. The smallest absolute Gasteiger partial charge is 0.229 e. The minimum Gasteiger partial charge on any atom is -0.508 e. The van der Waals surface area contributed by atoms with E-state index >= 15 is 0 Å². The van der Waals surface area contributed by atoms with Crippen LogP contribution in [-0.2, 0) is 4.74 Å². The fourth-order valence-corrected chi connectivity index (χ4v) is 1.61. The molecule has 5 heteroatoms. The zero-order chi connectivity index (χ0) is 13.0. The molecule has 17 heavy (non-hydrogen) atoms. The van der Waals surface area contributed by atoms with Crippen LogP contribution in [0.15, 0.2) is 28.2 Å². The predicted octanol–water partition coefficient (Wildman–Crippen LogP) is 2.24. The molecule has 0 spiro atoms. The van der Waals surface area contributed by atoms with Gasteiger partial charge in [-0.15, -0.1) is 0 Å². The number of hydrogen-bond acceptors (Lipinski definition) is 4. The number of aliphatic imine (C=N–C) groups is 1. The Labute approximate surface area is 105 Å². The third kappa shape index (κ3) is 2.91. The molecule has 0 radical (unpaired) electrons. The molecular weight excluding hydrogens is 240 g/mol. The maximum Gasteiger partial charge on any atom is 0.229 e. The monoisotopic (exact) mass is 254 g/mol. The fraction of sp³-hybridized carbons (Fsp3) is 0.250. The topological polar surface area (TPSA) is 67.8 Å². The van der Waals surface area contributed by atoms with E-state index in [-0.39, 0.29) is 16.7 Å². The second-order valence-electron chi connectivity index (χ2n) is 3.46. The number of hydrogen-bond donors (Lipinski definition) is 2. The van der Waals surface area contributed by atoms with E-state index in [0.717, 1.165) is 5.56 Å². The van der Waals surface area contributed by atoms with E-state index in [1.54, 1.807) is 32.2 Å². The third-order valence-corrected chi connectivity index (χ3v) is 2.69. The summed E-state index contributed by atoms with van der Waals surface area (Å²) in [6, 6.07) is 5.00. The number of benzene rings is 1. The molecule has 0 aromatic heterocycles. The van der Waals surface area contributed by atoms with Gasteiger partial charge in [0.15, 0.2) is 0 Å². The van der Waals surface area contributed by atoms with Crippen LogP contribution in [0.25, 0.3) is 5.70 Å². The molecule has 0 heterocycles. The average molecular weight is 255 g/mol. The van der Waals surface area contributed by atoms with E-state index in [2.05, 4.69) is 4.99 Å². The van der Waals surface area contributed by atoms with Gasteiger partial charge in [0.05, 0.1) is 12.8 Å². The number of phenols is 1. The highest BCUT2D eigenvalue weighted by molar-refractivity contribution is 6.45. The first-order valence-corrected chi connectivity index (χ1v) is 5.35. The van der Waals surface area contributed by atoms with E-state index in [1.165, 1.54) is 7.11 Å². The summed E-state index contributed by atoms with van der Waals surface area (Å²) < 4.78 is 4.99. The molecule has 0 aliphatic rings.